The van der Waals surface area contributed by atoms with Crippen molar-refractivity contribution in [2.75, 3.05) is 26.2 Å². The first kappa shape index (κ1) is 16.4. The van der Waals surface area contributed by atoms with Crippen molar-refractivity contribution in [3.8, 4) is 0 Å². The quantitative estimate of drug-likeness (QED) is 0.901. The molecule has 5 nitrogen and oxygen atoms in total. The van der Waals surface area contributed by atoms with Crippen LogP contribution in [0.5, 0.6) is 0 Å². The number of aliphatic hydroxyl groups is 1. The van der Waals surface area contributed by atoms with Crippen LogP contribution in [-0.4, -0.2) is 55.0 Å². The van der Waals surface area contributed by atoms with Crippen LogP contribution >= 0.6 is 0 Å². The first-order valence-electron chi connectivity index (χ1n) is 7.03. The van der Waals surface area contributed by atoms with Gasteiger partial charge in [0.1, 0.15) is 10.7 Å². The maximum Gasteiger partial charge on any atom is 0.246 e. The third-order valence-electron chi connectivity index (χ3n) is 3.93. The summed E-state index contributed by atoms with van der Waals surface area (Å²) in [4.78, 5) is 1.87. The summed E-state index contributed by atoms with van der Waals surface area (Å²) in [6.07, 6.45) is 0. The number of likely N-dealkylation sites (N-methyl/N-ethyl adjacent to an activating group) is 1. The highest BCUT2D eigenvalue weighted by Gasteiger charge is 2.33. The van der Waals surface area contributed by atoms with Gasteiger partial charge >= 0.3 is 0 Å². The summed E-state index contributed by atoms with van der Waals surface area (Å²) in [6, 6.07) is 3.84. The van der Waals surface area contributed by atoms with E-state index < -0.39 is 15.8 Å². The van der Waals surface area contributed by atoms with Crippen LogP contribution in [0.15, 0.2) is 23.1 Å². The highest BCUT2D eigenvalue weighted by Crippen LogP contribution is 2.23. The maximum atomic E-state index is 14.0. The normalized spacial score (nSPS) is 21.6. The minimum absolute atomic E-state index is 0.110. The van der Waals surface area contributed by atoms with Gasteiger partial charge in [0.25, 0.3) is 0 Å². The molecule has 1 unspecified atom stereocenters. The Morgan fingerprint density at radius 3 is 2.62 bits per heavy atom. The van der Waals surface area contributed by atoms with Gasteiger partial charge in [0.2, 0.25) is 10.0 Å². The van der Waals surface area contributed by atoms with Gasteiger partial charge in [-0.25, -0.2) is 12.8 Å². The first-order chi connectivity index (χ1) is 9.90. The molecule has 1 atom stereocenters. The van der Waals surface area contributed by atoms with Crippen molar-refractivity contribution in [2.45, 2.75) is 31.4 Å². The number of rotatable bonds is 4. The SMILES string of the molecule is CCN1CCN(S(=O)(=O)c2ccc(CO)cc2F)CC1C. The Morgan fingerprint density at radius 2 is 2.10 bits per heavy atom. The molecule has 7 heteroatoms. The van der Waals surface area contributed by atoms with Crippen molar-refractivity contribution in [3.05, 3.63) is 29.6 Å². The molecule has 0 aliphatic carbocycles. The molecule has 118 valence electrons. The van der Waals surface area contributed by atoms with E-state index in [0.29, 0.717) is 25.2 Å². The Kier molecular flexibility index (Phi) is 4.98. The molecular formula is C14H21FN2O3S. The fraction of sp³-hybridized carbons (Fsp3) is 0.571. The van der Waals surface area contributed by atoms with Gasteiger partial charge in [0, 0.05) is 25.7 Å². The van der Waals surface area contributed by atoms with Crippen LogP contribution in [0.3, 0.4) is 0 Å². The summed E-state index contributed by atoms with van der Waals surface area (Å²) in [5, 5.41) is 8.96. The first-order valence-corrected chi connectivity index (χ1v) is 8.47. The molecule has 0 saturated carbocycles. The van der Waals surface area contributed by atoms with E-state index in [1.54, 1.807) is 0 Å². The van der Waals surface area contributed by atoms with Gasteiger partial charge in [-0.2, -0.15) is 4.31 Å². The third kappa shape index (κ3) is 3.26. The van der Waals surface area contributed by atoms with Crippen molar-refractivity contribution >= 4 is 10.0 Å². The van der Waals surface area contributed by atoms with Crippen LogP contribution in [0.1, 0.15) is 19.4 Å². The Hall–Kier alpha value is -1.02. The molecule has 0 spiro atoms. The Labute approximate surface area is 125 Å². The molecular weight excluding hydrogens is 295 g/mol. The topological polar surface area (TPSA) is 60.9 Å². The van der Waals surface area contributed by atoms with Gasteiger partial charge in [0.15, 0.2) is 0 Å². The zero-order valence-electron chi connectivity index (χ0n) is 12.3. The molecule has 1 aromatic carbocycles. The smallest absolute Gasteiger partial charge is 0.246 e. The average Bonchev–Trinajstić information content (AvgIpc) is 2.46. The highest BCUT2D eigenvalue weighted by atomic mass is 32.2. The number of benzene rings is 1. The second kappa shape index (κ2) is 6.39. The molecule has 1 aromatic rings. The average molecular weight is 316 g/mol. The molecule has 0 aromatic heterocycles. The Balaban J connectivity index is 2.27. The fourth-order valence-electron chi connectivity index (χ4n) is 2.64. The van der Waals surface area contributed by atoms with Crippen LogP contribution in [0.2, 0.25) is 0 Å². The molecule has 21 heavy (non-hydrogen) atoms. The summed E-state index contributed by atoms with van der Waals surface area (Å²) in [5.74, 6) is -0.813. The third-order valence-corrected chi connectivity index (χ3v) is 5.83. The largest absolute Gasteiger partial charge is 0.392 e. The molecule has 0 amide bonds. The summed E-state index contributed by atoms with van der Waals surface area (Å²) < 4.78 is 40.4. The minimum Gasteiger partial charge on any atom is -0.392 e. The molecule has 1 saturated heterocycles. The molecule has 1 aliphatic heterocycles. The molecule has 1 fully saturated rings. The lowest BCUT2D eigenvalue weighted by atomic mass is 10.2. The number of piperazine rings is 1. The van der Waals surface area contributed by atoms with Crippen LogP contribution in [-0.2, 0) is 16.6 Å². The summed E-state index contributed by atoms with van der Waals surface area (Å²) >= 11 is 0. The van der Waals surface area contributed by atoms with E-state index in [1.165, 1.54) is 16.4 Å². The van der Waals surface area contributed by atoms with E-state index in [0.717, 1.165) is 12.6 Å². The number of halogens is 1. The van der Waals surface area contributed by atoms with E-state index in [2.05, 4.69) is 4.90 Å². The Morgan fingerprint density at radius 1 is 1.38 bits per heavy atom. The lowest BCUT2D eigenvalue weighted by molar-refractivity contribution is 0.135. The predicted molar refractivity (Wildman–Crippen MR) is 77.8 cm³/mol. The van der Waals surface area contributed by atoms with E-state index in [-0.39, 0.29) is 17.5 Å². The van der Waals surface area contributed by atoms with Gasteiger partial charge in [-0.1, -0.05) is 13.0 Å². The van der Waals surface area contributed by atoms with Gasteiger partial charge in [-0.3, -0.25) is 4.90 Å². The molecule has 0 bridgehead atoms. The molecule has 1 heterocycles. The second-order valence-corrected chi connectivity index (χ2v) is 7.17. The van der Waals surface area contributed by atoms with Gasteiger partial charge < -0.3 is 5.11 Å². The molecule has 1 N–H and O–H groups in total. The van der Waals surface area contributed by atoms with Crippen LogP contribution < -0.4 is 0 Å². The number of sulfonamides is 1. The van der Waals surface area contributed by atoms with Crippen LogP contribution in [0.25, 0.3) is 0 Å². The summed E-state index contributed by atoms with van der Waals surface area (Å²) in [7, 11) is -3.83. The summed E-state index contributed by atoms with van der Waals surface area (Å²) in [6.45, 7) is 5.93. The van der Waals surface area contributed by atoms with Crippen LogP contribution in [0.4, 0.5) is 4.39 Å². The zero-order chi connectivity index (χ0) is 15.6. The highest BCUT2D eigenvalue weighted by molar-refractivity contribution is 7.89. The number of hydrogen-bond donors (Lipinski definition) is 1. The van der Waals surface area contributed by atoms with Gasteiger partial charge in [0.05, 0.1) is 6.61 Å². The van der Waals surface area contributed by atoms with Gasteiger partial charge in [-0.05, 0) is 31.2 Å². The number of aliphatic hydroxyl groups excluding tert-OH is 1. The standard InChI is InChI=1S/C14H21FN2O3S/c1-3-16-6-7-17(9-11(16)2)21(19,20)14-5-4-12(10-18)8-13(14)15/h4-5,8,11,18H,3,6-7,9-10H2,1-2H3. The van der Waals surface area contributed by atoms with Crippen molar-refractivity contribution in [2.24, 2.45) is 0 Å². The van der Waals surface area contributed by atoms with Crippen molar-refractivity contribution in [1.82, 2.24) is 9.21 Å². The maximum absolute atomic E-state index is 14.0. The Bertz CT molecular complexity index is 606. The predicted octanol–water partition coefficient (Wildman–Crippen LogP) is 1.03. The van der Waals surface area contributed by atoms with Crippen molar-refractivity contribution in [1.29, 1.82) is 0 Å². The molecule has 1 aliphatic rings. The van der Waals surface area contributed by atoms with E-state index in [9.17, 15) is 12.8 Å². The van der Waals surface area contributed by atoms with Gasteiger partial charge in [-0.15, -0.1) is 0 Å². The number of nitrogens with zero attached hydrogens (tertiary/aromatic N) is 2. The minimum atomic E-state index is -3.83. The van der Waals surface area contributed by atoms with E-state index in [1.807, 2.05) is 13.8 Å². The lowest BCUT2D eigenvalue weighted by Gasteiger charge is -2.38. The van der Waals surface area contributed by atoms with Crippen molar-refractivity contribution in [3.63, 3.8) is 0 Å². The van der Waals surface area contributed by atoms with Crippen LogP contribution in [0, 0.1) is 5.82 Å². The molecule has 2 rings (SSSR count). The zero-order valence-corrected chi connectivity index (χ0v) is 13.1. The second-order valence-electron chi connectivity index (χ2n) is 5.26. The summed E-state index contributed by atoms with van der Waals surface area (Å²) in [5.41, 5.74) is 0.357. The van der Waals surface area contributed by atoms with E-state index >= 15 is 0 Å². The monoisotopic (exact) mass is 316 g/mol. The number of hydrogen-bond acceptors (Lipinski definition) is 4. The molecule has 0 radical (unpaired) electrons. The van der Waals surface area contributed by atoms with Crippen molar-refractivity contribution < 1.29 is 17.9 Å². The van der Waals surface area contributed by atoms with E-state index in [4.69, 9.17) is 5.11 Å². The fourth-order valence-corrected chi connectivity index (χ4v) is 4.20. The lowest BCUT2D eigenvalue weighted by Crippen LogP contribution is -2.53.